The molecule has 2 aliphatic heterocycles. The average Bonchev–Trinajstić information content (AvgIpc) is 3.03. The molecule has 2 saturated heterocycles. The molecule has 0 spiro atoms. The molecule has 0 aromatic heterocycles. The van der Waals surface area contributed by atoms with Crippen molar-refractivity contribution in [2.45, 2.75) is 37.0 Å². The molecular weight excluding hydrogens is 242 g/mol. The molecule has 1 aromatic carbocycles. The maximum absolute atomic E-state index is 12.7. The van der Waals surface area contributed by atoms with Crippen molar-refractivity contribution in [2.24, 2.45) is 0 Å². The van der Waals surface area contributed by atoms with Crippen LogP contribution < -0.4 is 0 Å². The highest BCUT2D eigenvalue weighted by Gasteiger charge is 2.42. The molecule has 2 nitrogen and oxygen atoms in total. The van der Waals surface area contributed by atoms with E-state index >= 15 is 0 Å². The van der Waals surface area contributed by atoms with Gasteiger partial charge < -0.3 is 4.90 Å². The zero-order valence-corrected chi connectivity index (χ0v) is 11.5. The third kappa shape index (κ3) is 2.05. The summed E-state index contributed by atoms with van der Waals surface area (Å²) in [5.74, 6) is 1.54. The Labute approximate surface area is 113 Å². The molecular formula is C15H19NOS. The summed E-state index contributed by atoms with van der Waals surface area (Å²) in [6, 6.07) is 10.7. The highest BCUT2D eigenvalue weighted by molar-refractivity contribution is 8.00. The Morgan fingerprint density at radius 2 is 2.22 bits per heavy atom. The second kappa shape index (κ2) is 4.96. The van der Waals surface area contributed by atoms with Gasteiger partial charge in [0.25, 0.3) is 0 Å². The Morgan fingerprint density at radius 3 is 2.78 bits per heavy atom. The van der Waals surface area contributed by atoms with Gasteiger partial charge in [0.15, 0.2) is 0 Å². The van der Waals surface area contributed by atoms with Crippen molar-refractivity contribution >= 4 is 17.7 Å². The summed E-state index contributed by atoms with van der Waals surface area (Å²) < 4.78 is 0. The molecule has 0 radical (unpaired) electrons. The number of benzene rings is 1. The first-order valence-electron chi connectivity index (χ1n) is 6.76. The maximum atomic E-state index is 12.7. The molecule has 0 aliphatic carbocycles. The first-order valence-corrected chi connectivity index (χ1v) is 7.81. The second-order valence-electron chi connectivity index (χ2n) is 5.21. The molecule has 0 saturated carbocycles. The summed E-state index contributed by atoms with van der Waals surface area (Å²) in [7, 11) is 0. The topological polar surface area (TPSA) is 20.3 Å². The molecule has 1 aromatic rings. The van der Waals surface area contributed by atoms with Gasteiger partial charge in [0.05, 0.1) is 5.92 Å². The van der Waals surface area contributed by atoms with E-state index in [9.17, 15) is 4.79 Å². The van der Waals surface area contributed by atoms with Crippen molar-refractivity contribution in [2.75, 3.05) is 12.3 Å². The fourth-order valence-electron chi connectivity index (χ4n) is 3.11. The van der Waals surface area contributed by atoms with Crippen LogP contribution in [0.4, 0.5) is 0 Å². The first-order chi connectivity index (χ1) is 8.79. The zero-order chi connectivity index (χ0) is 12.5. The molecule has 2 aliphatic rings. The number of nitrogens with zero attached hydrogens (tertiary/aromatic N) is 1. The lowest BCUT2D eigenvalue weighted by atomic mass is 9.95. The number of rotatable bonds is 3. The van der Waals surface area contributed by atoms with Gasteiger partial charge >= 0.3 is 0 Å². The van der Waals surface area contributed by atoms with Crippen LogP contribution in [0, 0.1) is 0 Å². The van der Waals surface area contributed by atoms with Crippen LogP contribution in [0.2, 0.25) is 0 Å². The summed E-state index contributed by atoms with van der Waals surface area (Å²) >= 11 is 2.03. The molecule has 2 fully saturated rings. The Morgan fingerprint density at radius 1 is 1.44 bits per heavy atom. The van der Waals surface area contributed by atoms with E-state index in [1.807, 2.05) is 30.0 Å². The van der Waals surface area contributed by atoms with E-state index in [4.69, 9.17) is 0 Å². The van der Waals surface area contributed by atoms with Gasteiger partial charge in [-0.25, -0.2) is 0 Å². The minimum absolute atomic E-state index is 0.0514. The lowest BCUT2D eigenvalue weighted by Gasteiger charge is -2.30. The van der Waals surface area contributed by atoms with Crippen molar-refractivity contribution in [3.05, 3.63) is 35.9 Å². The molecule has 0 N–H and O–H groups in total. The number of carbonyl (C=O) groups is 1. The van der Waals surface area contributed by atoms with Gasteiger partial charge in [-0.05, 0) is 18.4 Å². The number of fused-ring (bicyclic) bond motifs is 2. The average molecular weight is 261 g/mol. The molecule has 0 unspecified atom stereocenters. The van der Waals surface area contributed by atoms with E-state index in [-0.39, 0.29) is 5.92 Å². The van der Waals surface area contributed by atoms with Crippen LogP contribution in [0.5, 0.6) is 0 Å². The Bertz CT molecular complexity index is 433. The van der Waals surface area contributed by atoms with Gasteiger partial charge in [-0.3, -0.25) is 4.79 Å². The molecule has 3 atom stereocenters. The quantitative estimate of drug-likeness (QED) is 0.834. The lowest BCUT2D eigenvalue weighted by Crippen LogP contribution is -2.41. The summed E-state index contributed by atoms with van der Waals surface area (Å²) in [4.78, 5) is 14.8. The van der Waals surface area contributed by atoms with Crippen molar-refractivity contribution in [3.8, 4) is 0 Å². The molecule has 3 rings (SSSR count). The Kier molecular flexibility index (Phi) is 3.33. The third-order valence-corrected chi connectivity index (χ3v) is 5.48. The predicted molar refractivity (Wildman–Crippen MR) is 75.8 cm³/mol. The molecule has 2 heterocycles. The number of carbonyl (C=O) groups excluding carboxylic acids is 1. The predicted octanol–water partition coefficient (Wildman–Crippen LogP) is 2.90. The van der Waals surface area contributed by atoms with Crippen LogP contribution in [0.15, 0.2) is 30.3 Å². The van der Waals surface area contributed by atoms with Crippen molar-refractivity contribution < 1.29 is 4.79 Å². The molecule has 1 amide bonds. The van der Waals surface area contributed by atoms with Gasteiger partial charge in [-0.2, -0.15) is 11.8 Å². The van der Waals surface area contributed by atoms with Crippen molar-refractivity contribution in [1.82, 2.24) is 4.90 Å². The standard InChI is InChI=1S/C15H19NOS/c1-2-14(11-6-4-3-5-7-11)15(17)16-9-13-8-12(16)10-18-13/h3-7,12-14H,2,8-10H2,1H3/t12-,13+,14-/m0/s1. The van der Waals surface area contributed by atoms with Crippen LogP contribution in [0.25, 0.3) is 0 Å². The van der Waals surface area contributed by atoms with Crippen LogP contribution in [-0.4, -0.2) is 34.4 Å². The number of hydrogen-bond acceptors (Lipinski definition) is 2. The minimum Gasteiger partial charge on any atom is -0.337 e. The number of hydrogen-bond donors (Lipinski definition) is 0. The van der Waals surface area contributed by atoms with E-state index in [0.29, 0.717) is 17.2 Å². The fraction of sp³-hybridized carbons (Fsp3) is 0.533. The Hall–Kier alpha value is -0.960. The van der Waals surface area contributed by atoms with E-state index in [1.165, 1.54) is 12.0 Å². The molecule has 3 heteroatoms. The van der Waals surface area contributed by atoms with Gasteiger partial charge in [-0.1, -0.05) is 37.3 Å². The van der Waals surface area contributed by atoms with E-state index in [1.54, 1.807) is 0 Å². The summed E-state index contributed by atoms with van der Waals surface area (Å²) in [5, 5.41) is 0.701. The van der Waals surface area contributed by atoms with Crippen LogP contribution >= 0.6 is 11.8 Å². The molecule has 18 heavy (non-hydrogen) atoms. The zero-order valence-electron chi connectivity index (χ0n) is 10.7. The first kappa shape index (κ1) is 12.1. The van der Waals surface area contributed by atoms with Crippen molar-refractivity contribution in [1.29, 1.82) is 0 Å². The number of amides is 1. The normalized spacial score (nSPS) is 27.5. The Balaban J connectivity index is 1.78. The largest absolute Gasteiger partial charge is 0.337 e. The smallest absolute Gasteiger partial charge is 0.230 e. The van der Waals surface area contributed by atoms with Crippen LogP contribution in [0.3, 0.4) is 0 Å². The highest BCUT2D eigenvalue weighted by Crippen LogP contribution is 2.39. The lowest BCUT2D eigenvalue weighted by molar-refractivity contribution is -0.133. The fourth-order valence-corrected chi connectivity index (χ4v) is 4.54. The van der Waals surface area contributed by atoms with Crippen molar-refractivity contribution in [3.63, 3.8) is 0 Å². The summed E-state index contributed by atoms with van der Waals surface area (Å²) in [6.07, 6.45) is 2.10. The number of thioether (sulfide) groups is 1. The number of likely N-dealkylation sites (tertiary alicyclic amines) is 1. The van der Waals surface area contributed by atoms with E-state index < -0.39 is 0 Å². The monoisotopic (exact) mass is 261 g/mol. The third-order valence-electron chi connectivity index (χ3n) is 4.09. The van der Waals surface area contributed by atoms with Crippen LogP contribution in [0.1, 0.15) is 31.2 Å². The van der Waals surface area contributed by atoms with Gasteiger partial charge in [0.2, 0.25) is 5.91 Å². The molecule has 96 valence electrons. The van der Waals surface area contributed by atoms with E-state index in [0.717, 1.165) is 18.7 Å². The highest BCUT2D eigenvalue weighted by atomic mass is 32.2. The summed E-state index contributed by atoms with van der Waals surface area (Å²) in [6.45, 7) is 3.08. The van der Waals surface area contributed by atoms with Gasteiger partial charge in [0.1, 0.15) is 0 Å². The maximum Gasteiger partial charge on any atom is 0.230 e. The molecule has 2 bridgehead atoms. The second-order valence-corrected chi connectivity index (χ2v) is 6.54. The minimum atomic E-state index is 0.0514. The van der Waals surface area contributed by atoms with Crippen LogP contribution in [-0.2, 0) is 4.79 Å². The van der Waals surface area contributed by atoms with E-state index in [2.05, 4.69) is 24.0 Å². The SMILES string of the molecule is CC[C@H](C(=O)N1C[C@H]2C[C@H]1CS2)c1ccccc1. The van der Waals surface area contributed by atoms with Gasteiger partial charge in [0, 0.05) is 23.6 Å². The van der Waals surface area contributed by atoms with Gasteiger partial charge in [-0.15, -0.1) is 0 Å². The summed E-state index contributed by atoms with van der Waals surface area (Å²) in [5.41, 5.74) is 1.17.